The number of fused-ring (bicyclic) bond motifs is 3. The third kappa shape index (κ3) is 2.81. The van der Waals surface area contributed by atoms with Crippen molar-refractivity contribution in [1.82, 2.24) is 5.32 Å². The zero-order valence-electron chi connectivity index (χ0n) is 14.4. The van der Waals surface area contributed by atoms with Crippen molar-refractivity contribution in [1.29, 1.82) is 0 Å². The first-order chi connectivity index (χ1) is 12.5. The summed E-state index contributed by atoms with van der Waals surface area (Å²) in [4.78, 5) is 23.5. The average molecular weight is 357 g/mol. The predicted molar refractivity (Wildman–Crippen MR) is 94.8 cm³/mol. The number of hydrogen-bond acceptors (Lipinski definition) is 6. The van der Waals surface area contributed by atoms with E-state index < -0.39 is 6.04 Å². The van der Waals surface area contributed by atoms with Crippen LogP contribution in [0.2, 0.25) is 0 Å². The smallest absolute Gasteiger partial charge is 0.220 e. The first kappa shape index (κ1) is 17.6. The van der Waals surface area contributed by atoms with E-state index in [4.69, 9.17) is 9.47 Å². The summed E-state index contributed by atoms with van der Waals surface area (Å²) in [7, 11) is 2.80. The Bertz CT molecular complexity index is 925. The van der Waals surface area contributed by atoms with Crippen molar-refractivity contribution in [2.75, 3.05) is 14.2 Å². The Morgan fingerprint density at radius 1 is 1.19 bits per heavy atom. The number of methoxy groups -OCH3 is 2. The molecule has 136 valence electrons. The molecule has 3 N–H and O–H groups in total. The summed E-state index contributed by atoms with van der Waals surface area (Å²) < 4.78 is 10.5. The van der Waals surface area contributed by atoms with Gasteiger partial charge >= 0.3 is 0 Å². The number of nitrogens with one attached hydrogen (secondary N) is 1. The number of ether oxygens (including phenoxy) is 2. The average Bonchev–Trinajstić information content (AvgIpc) is 2.86. The van der Waals surface area contributed by atoms with E-state index >= 15 is 0 Å². The van der Waals surface area contributed by atoms with Crippen molar-refractivity contribution in [2.24, 2.45) is 0 Å². The van der Waals surface area contributed by atoms with Gasteiger partial charge in [-0.15, -0.1) is 0 Å². The third-order valence-corrected chi connectivity index (χ3v) is 4.60. The molecule has 0 saturated carbocycles. The molecule has 0 radical (unpaired) electrons. The fourth-order valence-corrected chi connectivity index (χ4v) is 3.40. The molecular weight excluding hydrogens is 338 g/mol. The Labute approximate surface area is 149 Å². The Kier molecular flexibility index (Phi) is 4.71. The first-order valence-corrected chi connectivity index (χ1v) is 8.05. The number of carbonyl (C=O) groups is 1. The number of carbonyl (C=O) groups excluding carboxylic acids is 1. The molecule has 1 amide bonds. The number of benzene rings is 1. The van der Waals surface area contributed by atoms with Gasteiger partial charge in [0.15, 0.2) is 17.2 Å². The highest BCUT2D eigenvalue weighted by Gasteiger charge is 2.28. The Balaban J connectivity index is 2.42. The van der Waals surface area contributed by atoms with E-state index in [0.717, 1.165) is 5.56 Å². The number of hydrogen-bond donors (Lipinski definition) is 3. The maximum Gasteiger partial charge on any atom is 0.220 e. The minimum absolute atomic E-state index is 0.116. The molecule has 2 aromatic carbocycles. The normalized spacial score (nSPS) is 15.2. The van der Waals surface area contributed by atoms with Gasteiger partial charge in [-0.05, 0) is 47.7 Å². The van der Waals surface area contributed by atoms with Gasteiger partial charge < -0.3 is 25.0 Å². The molecule has 1 aliphatic rings. The number of amides is 1. The molecule has 7 nitrogen and oxygen atoms in total. The van der Waals surface area contributed by atoms with E-state index in [-0.39, 0.29) is 28.4 Å². The lowest BCUT2D eigenvalue weighted by molar-refractivity contribution is -0.110. The van der Waals surface area contributed by atoms with Crippen molar-refractivity contribution in [3.05, 3.63) is 45.6 Å². The number of rotatable bonds is 4. The summed E-state index contributed by atoms with van der Waals surface area (Å²) in [6.45, 7) is 0. The number of phenols is 2. The minimum atomic E-state index is -0.409. The van der Waals surface area contributed by atoms with Gasteiger partial charge in [0.25, 0.3) is 0 Å². The van der Waals surface area contributed by atoms with Crippen LogP contribution in [0, 0.1) is 0 Å². The van der Waals surface area contributed by atoms with Crippen molar-refractivity contribution < 1.29 is 24.5 Å². The summed E-state index contributed by atoms with van der Waals surface area (Å²) in [5, 5.41) is 23.0. The quantitative estimate of drug-likeness (QED) is 0.570. The lowest BCUT2D eigenvalue weighted by Crippen LogP contribution is -2.20. The summed E-state index contributed by atoms with van der Waals surface area (Å²) in [6, 6.07) is 5.72. The topological polar surface area (TPSA) is 105 Å². The lowest BCUT2D eigenvalue weighted by atomic mass is 9.95. The molecule has 0 heterocycles. The van der Waals surface area contributed by atoms with Gasteiger partial charge in [-0.3, -0.25) is 9.59 Å². The predicted octanol–water partition coefficient (Wildman–Crippen LogP) is 1.88. The summed E-state index contributed by atoms with van der Waals surface area (Å²) >= 11 is 0. The zero-order valence-corrected chi connectivity index (χ0v) is 14.4. The van der Waals surface area contributed by atoms with Crippen LogP contribution in [-0.2, 0) is 11.2 Å². The van der Waals surface area contributed by atoms with E-state index in [1.54, 1.807) is 6.07 Å². The second kappa shape index (κ2) is 6.95. The molecular formula is C19H19NO6. The van der Waals surface area contributed by atoms with Crippen LogP contribution in [0.5, 0.6) is 23.0 Å². The molecule has 26 heavy (non-hydrogen) atoms. The Morgan fingerprint density at radius 2 is 1.96 bits per heavy atom. The second-order valence-corrected chi connectivity index (χ2v) is 5.97. The van der Waals surface area contributed by atoms with E-state index in [0.29, 0.717) is 35.9 Å². The van der Waals surface area contributed by atoms with Gasteiger partial charge in [-0.1, -0.05) is 6.07 Å². The van der Waals surface area contributed by atoms with Crippen LogP contribution >= 0.6 is 0 Å². The zero-order chi connectivity index (χ0) is 18.8. The van der Waals surface area contributed by atoms with Crippen LogP contribution in [0.25, 0.3) is 11.1 Å². The highest BCUT2D eigenvalue weighted by atomic mass is 16.5. The molecule has 0 saturated heterocycles. The molecule has 0 aromatic heterocycles. The molecule has 1 unspecified atom stereocenters. The standard InChI is InChI=1S/C19H19NO6/c1-25-16-6-4-11-12(8-14(16)22)13(20-9-21)5-3-10-7-15(23)18(24)19(26-2)17(10)11/h4,6-9,13,23-24H,3,5H2,1-2H3,(H,20,21). The molecule has 2 aromatic rings. The first-order valence-electron chi connectivity index (χ1n) is 8.05. The molecule has 1 atom stereocenters. The SMILES string of the molecule is COc1c(O)c(O)cc2c1-c1ccc(OC)c(=O)cc1C(NC=O)CC2. The molecule has 0 aliphatic heterocycles. The molecule has 7 heteroatoms. The Morgan fingerprint density at radius 3 is 2.62 bits per heavy atom. The van der Waals surface area contributed by atoms with Crippen molar-refractivity contribution >= 4 is 6.41 Å². The third-order valence-electron chi connectivity index (χ3n) is 4.60. The summed E-state index contributed by atoms with van der Waals surface area (Å²) in [5.74, 6) is -0.386. The van der Waals surface area contributed by atoms with Gasteiger partial charge in [-0.25, -0.2) is 0 Å². The fraction of sp³-hybridized carbons (Fsp3) is 0.263. The van der Waals surface area contributed by atoms with Gasteiger partial charge in [0.2, 0.25) is 17.6 Å². The second-order valence-electron chi connectivity index (χ2n) is 5.97. The van der Waals surface area contributed by atoms with Gasteiger partial charge in [0.05, 0.1) is 20.3 Å². The van der Waals surface area contributed by atoms with Crippen molar-refractivity contribution in [3.8, 4) is 34.1 Å². The number of aryl methyl sites for hydroxylation is 1. The van der Waals surface area contributed by atoms with Crippen LogP contribution < -0.4 is 20.2 Å². The van der Waals surface area contributed by atoms with Crippen molar-refractivity contribution in [2.45, 2.75) is 18.9 Å². The molecule has 1 aliphatic carbocycles. The monoisotopic (exact) mass is 357 g/mol. The van der Waals surface area contributed by atoms with Crippen LogP contribution in [-0.4, -0.2) is 30.8 Å². The maximum absolute atomic E-state index is 12.4. The molecule has 3 rings (SSSR count). The van der Waals surface area contributed by atoms with Crippen LogP contribution in [0.4, 0.5) is 0 Å². The highest BCUT2D eigenvalue weighted by molar-refractivity contribution is 5.82. The fourth-order valence-electron chi connectivity index (χ4n) is 3.40. The highest BCUT2D eigenvalue weighted by Crippen LogP contribution is 2.49. The van der Waals surface area contributed by atoms with Gasteiger partial charge in [0.1, 0.15) is 0 Å². The molecule has 0 bridgehead atoms. The van der Waals surface area contributed by atoms with Crippen LogP contribution in [0.15, 0.2) is 29.1 Å². The Hall–Kier alpha value is -3.22. The lowest BCUT2D eigenvalue weighted by Gasteiger charge is -2.16. The summed E-state index contributed by atoms with van der Waals surface area (Å²) in [5.41, 5.74) is 2.20. The van der Waals surface area contributed by atoms with E-state index in [1.807, 2.05) is 0 Å². The van der Waals surface area contributed by atoms with Crippen LogP contribution in [0.1, 0.15) is 23.6 Å². The molecule has 0 fully saturated rings. The van der Waals surface area contributed by atoms with Crippen LogP contribution in [0.3, 0.4) is 0 Å². The molecule has 0 spiro atoms. The minimum Gasteiger partial charge on any atom is -0.504 e. The van der Waals surface area contributed by atoms with E-state index in [2.05, 4.69) is 5.32 Å². The van der Waals surface area contributed by atoms with E-state index in [9.17, 15) is 19.8 Å². The van der Waals surface area contributed by atoms with Gasteiger partial charge in [0, 0.05) is 5.56 Å². The number of aromatic hydroxyl groups is 2. The van der Waals surface area contributed by atoms with E-state index in [1.165, 1.54) is 32.4 Å². The van der Waals surface area contributed by atoms with Gasteiger partial charge in [-0.2, -0.15) is 0 Å². The number of phenolic OH excluding ortho intramolecular Hbond substituents is 2. The summed E-state index contributed by atoms with van der Waals surface area (Å²) in [6.07, 6.45) is 1.61. The maximum atomic E-state index is 12.4. The van der Waals surface area contributed by atoms with Crippen molar-refractivity contribution in [3.63, 3.8) is 0 Å². The largest absolute Gasteiger partial charge is 0.504 e.